The van der Waals surface area contributed by atoms with Crippen molar-refractivity contribution in [1.29, 1.82) is 0 Å². The predicted octanol–water partition coefficient (Wildman–Crippen LogP) is 2.37. The van der Waals surface area contributed by atoms with Gasteiger partial charge >= 0.3 is 0 Å². The van der Waals surface area contributed by atoms with Crippen molar-refractivity contribution in [1.82, 2.24) is 4.90 Å². The van der Waals surface area contributed by atoms with Gasteiger partial charge in [0.25, 0.3) is 0 Å². The van der Waals surface area contributed by atoms with E-state index in [4.69, 9.17) is 0 Å². The van der Waals surface area contributed by atoms with Crippen molar-refractivity contribution in [3.8, 4) is 0 Å². The fourth-order valence-corrected chi connectivity index (χ4v) is 9.36. The Kier molecular flexibility index (Phi) is 49.7. The zero-order chi connectivity index (χ0) is 43.4. The molecule has 0 radical (unpaired) electrons. The Bertz CT molecular complexity index is 777. The molecule has 0 heterocycles. The van der Waals surface area contributed by atoms with Crippen LogP contribution in [0, 0.1) is 0 Å². The van der Waals surface area contributed by atoms with Crippen LogP contribution in [0.25, 0.3) is 0 Å². The van der Waals surface area contributed by atoms with Crippen LogP contribution in [0.4, 0.5) is 0 Å². The van der Waals surface area contributed by atoms with Crippen molar-refractivity contribution in [2.75, 3.05) is 101 Å². The Morgan fingerprint density at radius 3 is 0.639 bits per heavy atom. The lowest BCUT2D eigenvalue weighted by Gasteiger charge is -2.37. The van der Waals surface area contributed by atoms with Gasteiger partial charge in [0.15, 0.2) is 0 Å². The lowest BCUT2D eigenvalue weighted by molar-refractivity contribution is -0.894. The zero-order valence-corrected chi connectivity index (χ0v) is 44.8. The molecule has 0 aliphatic rings. The molecule has 3 N–H and O–H groups in total. The summed E-state index contributed by atoms with van der Waals surface area (Å²) >= 11 is 0. The number of quaternary nitrogens is 3. The first-order valence-electron chi connectivity index (χ1n) is 25.9. The van der Waals surface area contributed by atoms with E-state index in [0.29, 0.717) is 39.3 Å². The molecule has 7 nitrogen and oxygen atoms in total. The fourth-order valence-electron chi connectivity index (χ4n) is 9.36. The SMILES string of the molecule is CCCCCCCCCCCC[N+](C)(C)CC(O)CN(CC(O)C[N+](C)(C)CCCCCCCCCCCC)CC(O)C[N+](C)(C)CCCCCCCCCCCC.[Cl-].[Cl-].[Cl-]. The Labute approximate surface area is 401 Å². The minimum atomic E-state index is -0.499. The van der Waals surface area contributed by atoms with E-state index in [-0.39, 0.29) is 37.2 Å². The number of rotatable bonds is 45. The molecule has 3 unspecified atom stereocenters. The van der Waals surface area contributed by atoms with Gasteiger partial charge in [-0.2, -0.15) is 0 Å². The van der Waals surface area contributed by atoms with Gasteiger partial charge in [0, 0.05) is 19.6 Å². The molecule has 0 bridgehead atoms. The summed E-state index contributed by atoms with van der Waals surface area (Å²) in [4.78, 5) is 2.18. The van der Waals surface area contributed by atoms with Gasteiger partial charge in [-0.3, -0.25) is 4.90 Å². The number of aliphatic hydroxyl groups is 3. The van der Waals surface area contributed by atoms with E-state index >= 15 is 0 Å². The van der Waals surface area contributed by atoms with E-state index in [9.17, 15) is 15.3 Å². The van der Waals surface area contributed by atoms with Gasteiger partial charge in [-0.15, -0.1) is 0 Å². The maximum absolute atomic E-state index is 11.5. The van der Waals surface area contributed by atoms with Crippen molar-refractivity contribution in [3.05, 3.63) is 0 Å². The molecule has 0 saturated heterocycles. The molecule has 0 amide bonds. The third-order valence-electron chi connectivity index (χ3n) is 12.9. The first-order valence-corrected chi connectivity index (χ1v) is 25.9. The van der Waals surface area contributed by atoms with Crippen LogP contribution in [0.2, 0.25) is 0 Å². The van der Waals surface area contributed by atoms with Crippen molar-refractivity contribution in [3.63, 3.8) is 0 Å². The van der Waals surface area contributed by atoms with Crippen LogP contribution in [0.3, 0.4) is 0 Å². The lowest BCUT2D eigenvalue weighted by atomic mass is 10.1. The molecule has 61 heavy (non-hydrogen) atoms. The summed E-state index contributed by atoms with van der Waals surface area (Å²) < 4.78 is 2.42. The molecule has 0 rings (SSSR count). The van der Waals surface area contributed by atoms with Gasteiger partial charge in [-0.1, -0.05) is 175 Å². The van der Waals surface area contributed by atoms with Crippen LogP contribution in [-0.4, -0.2) is 153 Å². The Hall–Kier alpha value is 0.590. The first kappa shape index (κ1) is 68.2. The molecule has 0 aromatic heterocycles. The van der Waals surface area contributed by atoms with Crippen LogP contribution in [0.15, 0.2) is 0 Å². The summed E-state index contributed by atoms with van der Waals surface area (Å²) in [7, 11) is 13.5. The Balaban J connectivity index is -0.00000541. The zero-order valence-electron chi connectivity index (χ0n) is 42.6. The summed E-state index contributed by atoms with van der Waals surface area (Å²) in [5.41, 5.74) is 0. The van der Waals surface area contributed by atoms with E-state index in [1.54, 1.807) is 0 Å². The van der Waals surface area contributed by atoms with Crippen LogP contribution >= 0.6 is 0 Å². The molecule has 3 atom stereocenters. The highest BCUT2D eigenvalue weighted by Gasteiger charge is 2.29. The van der Waals surface area contributed by atoms with E-state index in [1.807, 2.05) is 0 Å². The largest absolute Gasteiger partial charge is 1.00 e. The lowest BCUT2D eigenvalue weighted by Crippen LogP contribution is -3.00. The third kappa shape index (κ3) is 46.9. The fraction of sp³-hybridized carbons (Fsp3) is 1.00. The Morgan fingerprint density at radius 2 is 0.459 bits per heavy atom. The highest BCUT2D eigenvalue weighted by molar-refractivity contribution is 4.73. The maximum atomic E-state index is 11.5. The molecule has 0 fully saturated rings. The van der Waals surface area contributed by atoms with Crippen LogP contribution in [0.1, 0.15) is 213 Å². The van der Waals surface area contributed by atoms with Crippen LogP contribution in [-0.2, 0) is 0 Å². The molecule has 10 heteroatoms. The molecule has 0 aromatic carbocycles. The van der Waals surface area contributed by atoms with Gasteiger partial charge < -0.3 is 66.0 Å². The van der Waals surface area contributed by atoms with E-state index in [1.165, 1.54) is 193 Å². The number of hydrogen-bond acceptors (Lipinski definition) is 4. The molecule has 0 aromatic rings. The van der Waals surface area contributed by atoms with Gasteiger partial charge in [0.05, 0.1) is 61.9 Å². The molecular formula is C51H111Cl3N4O3. The monoisotopic (exact) mass is 933 g/mol. The van der Waals surface area contributed by atoms with Crippen molar-refractivity contribution in [2.24, 2.45) is 0 Å². The average Bonchev–Trinajstić information content (AvgIpc) is 3.13. The molecular weight excluding hydrogens is 823 g/mol. The van der Waals surface area contributed by atoms with Crippen molar-refractivity contribution >= 4 is 0 Å². The normalized spacial score (nSPS) is 13.7. The quantitative estimate of drug-likeness (QED) is 0.0650. The number of aliphatic hydroxyl groups excluding tert-OH is 3. The van der Waals surface area contributed by atoms with Gasteiger partial charge in [-0.25, -0.2) is 0 Å². The molecule has 0 spiro atoms. The van der Waals surface area contributed by atoms with Gasteiger partial charge in [0.1, 0.15) is 37.9 Å². The molecule has 374 valence electrons. The molecule has 0 saturated carbocycles. The minimum absolute atomic E-state index is 0. The average molecular weight is 935 g/mol. The third-order valence-corrected chi connectivity index (χ3v) is 12.9. The summed E-state index contributed by atoms with van der Waals surface area (Å²) in [5.74, 6) is 0. The number of hydrogen-bond donors (Lipinski definition) is 3. The highest BCUT2D eigenvalue weighted by Crippen LogP contribution is 2.16. The summed E-state index contributed by atoms with van der Waals surface area (Å²) in [6.07, 6.45) is 38.7. The van der Waals surface area contributed by atoms with Gasteiger partial charge in [-0.05, 0) is 38.5 Å². The standard InChI is InChI=1S/C51H111N4O3.3ClH/c1-10-13-16-19-22-25-28-31-34-37-40-53(4,5)46-49(56)43-52(44-50(57)47-54(6,7)41-38-35-32-29-26-23-20-17-14-11-2)45-51(58)48-55(8,9)42-39-36-33-30-27-24-21-18-15-12-3;;;/h49-51,56-58H,10-48H2,1-9H3;3*1H/q+3;;;/p-3. The van der Waals surface area contributed by atoms with Crippen LogP contribution < -0.4 is 37.2 Å². The summed E-state index contributed by atoms with van der Waals surface area (Å²) in [6, 6.07) is 0. The van der Waals surface area contributed by atoms with E-state index in [0.717, 1.165) is 33.1 Å². The second kappa shape index (κ2) is 44.4. The predicted molar refractivity (Wildman–Crippen MR) is 256 cm³/mol. The topological polar surface area (TPSA) is 63.9 Å². The second-order valence-corrected chi connectivity index (χ2v) is 21.3. The first-order chi connectivity index (χ1) is 27.6. The maximum Gasteiger partial charge on any atom is 0.115 e. The molecule has 0 aliphatic heterocycles. The smallest absolute Gasteiger partial charge is 0.115 e. The highest BCUT2D eigenvalue weighted by atomic mass is 35.5. The van der Waals surface area contributed by atoms with Crippen LogP contribution in [0.5, 0.6) is 0 Å². The van der Waals surface area contributed by atoms with Crippen molar-refractivity contribution in [2.45, 2.75) is 232 Å². The summed E-state index contributed by atoms with van der Waals surface area (Å²) in [5, 5.41) is 34.5. The minimum Gasteiger partial charge on any atom is -1.00 e. The number of unbranched alkanes of at least 4 members (excludes halogenated alkanes) is 27. The van der Waals surface area contributed by atoms with E-state index < -0.39 is 18.3 Å². The summed E-state index contributed by atoms with van der Waals surface area (Å²) in [6.45, 7) is 13.6. The Morgan fingerprint density at radius 1 is 0.295 bits per heavy atom. The number of likely N-dealkylation sites (N-methyl/N-ethyl adjacent to an activating group) is 3. The number of nitrogens with zero attached hydrogens (tertiary/aromatic N) is 4. The van der Waals surface area contributed by atoms with Gasteiger partial charge in [0.2, 0.25) is 0 Å². The molecule has 0 aliphatic carbocycles. The van der Waals surface area contributed by atoms with Crippen molar-refractivity contribution < 1.29 is 66.0 Å². The number of halogens is 3. The second-order valence-electron chi connectivity index (χ2n) is 21.3. The van der Waals surface area contributed by atoms with E-state index in [2.05, 4.69) is 68.0 Å².